The number of nitro groups is 1. The molecule has 0 saturated carbocycles. The Bertz CT molecular complexity index is 873. The van der Waals surface area contributed by atoms with Crippen LogP contribution in [0.3, 0.4) is 0 Å². The van der Waals surface area contributed by atoms with Gasteiger partial charge >= 0.3 is 6.18 Å². The first-order chi connectivity index (χ1) is 11.7. The molecule has 0 atom stereocenters. The van der Waals surface area contributed by atoms with Gasteiger partial charge in [-0.25, -0.2) is 0 Å². The van der Waals surface area contributed by atoms with Crippen molar-refractivity contribution in [2.75, 3.05) is 0 Å². The van der Waals surface area contributed by atoms with Crippen LogP contribution in [-0.2, 0) is 12.6 Å². The molecular weight excluding hydrogens is 333 g/mol. The van der Waals surface area contributed by atoms with Crippen LogP contribution < -0.4 is 0 Å². The first-order valence-electron chi connectivity index (χ1n) is 7.67. The second kappa shape index (κ2) is 5.98. The minimum atomic E-state index is -4.36. The van der Waals surface area contributed by atoms with Gasteiger partial charge in [-0.15, -0.1) is 0 Å². The molecule has 4 nitrogen and oxygen atoms in total. The van der Waals surface area contributed by atoms with Crippen molar-refractivity contribution in [1.82, 2.24) is 0 Å². The van der Waals surface area contributed by atoms with Crippen LogP contribution in [0.25, 0.3) is 0 Å². The summed E-state index contributed by atoms with van der Waals surface area (Å²) in [5.74, 6) is 0. The lowest BCUT2D eigenvalue weighted by Gasteiger charge is -2.14. The summed E-state index contributed by atoms with van der Waals surface area (Å²) in [6, 6.07) is 4.95. The minimum Gasteiger partial charge on any atom is -0.258 e. The van der Waals surface area contributed by atoms with E-state index >= 15 is 0 Å². The molecule has 1 aliphatic carbocycles. The van der Waals surface area contributed by atoms with E-state index in [4.69, 9.17) is 0 Å². The number of aliphatic imine (C=N–C) groups is 1. The van der Waals surface area contributed by atoms with E-state index in [-0.39, 0.29) is 10.6 Å². The summed E-state index contributed by atoms with van der Waals surface area (Å²) in [5.41, 5.74) is 3.61. The third-order valence-electron chi connectivity index (χ3n) is 4.35. The predicted octanol–water partition coefficient (Wildman–Crippen LogP) is 4.86. The zero-order valence-electron chi connectivity index (χ0n) is 13.6. The van der Waals surface area contributed by atoms with Crippen LogP contribution in [0, 0.1) is 10.1 Å². The molecule has 7 heteroatoms. The third-order valence-corrected chi connectivity index (χ3v) is 4.35. The molecule has 1 aromatic carbocycles. The molecule has 0 saturated heterocycles. The molecule has 25 heavy (non-hydrogen) atoms. The van der Waals surface area contributed by atoms with Gasteiger partial charge in [0.15, 0.2) is 0 Å². The summed E-state index contributed by atoms with van der Waals surface area (Å²) in [6.45, 7) is 3.41. The Morgan fingerprint density at radius 2 is 1.84 bits per heavy atom. The Labute approximate surface area is 142 Å². The van der Waals surface area contributed by atoms with Gasteiger partial charge in [0, 0.05) is 35.3 Å². The van der Waals surface area contributed by atoms with Gasteiger partial charge in [0.2, 0.25) is 0 Å². The van der Waals surface area contributed by atoms with Crippen LogP contribution in [0.2, 0.25) is 0 Å². The zero-order valence-corrected chi connectivity index (χ0v) is 13.6. The standard InChI is InChI=1S/C18H15F3N2O2/c1-10-7-16-15(11(2)17(10)23(24)25)9-14(22-16)8-12-3-5-13(6-4-12)18(19,20)21/h3-6,9H,7-8H2,1-2H3. The number of fused-ring (bicyclic) bond motifs is 1. The smallest absolute Gasteiger partial charge is 0.258 e. The van der Waals surface area contributed by atoms with E-state index in [9.17, 15) is 23.3 Å². The first kappa shape index (κ1) is 17.1. The number of hydrogen-bond acceptors (Lipinski definition) is 3. The number of benzene rings is 1. The molecule has 2 aliphatic rings. The van der Waals surface area contributed by atoms with Gasteiger partial charge < -0.3 is 0 Å². The second-order valence-corrected chi connectivity index (χ2v) is 6.17. The monoisotopic (exact) mass is 348 g/mol. The van der Waals surface area contributed by atoms with Crippen molar-refractivity contribution in [3.8, 4) is 0 Å². The van der Waals surface area contributed by atoms with Gasteiger partial charge in [-0.3, -0.25) is 15.1 Å². The van der Waals surface area contributed by atoms with Gasteiger partial charge in [-0.2, -0.15) is 13.2 Å². The summed E-state index contributed by atoms with van der Waals surface area (Å²) in [7, 11) is 0. The van der Waals surface area contributed by atoms with Gasteiger partial charge in [-0.05, 0) is 37.6 Å². The van der Waals surface area contributed by atoms with E-state index in [0.717, 1.165) is 23.4 Å². The maximum atomic E-state index is 12.6. The van der Waals surface area contributed by atoms with Crippen LogP contribution in [-0.4, -0.2) is 10.6 Å². The first-order valence-corrected chi connectivity index (χ1v) is 7.67. The van der Waals surface area contributed by atoms with Crippen LogP contribution in [0.15, 0.2) is 63.4 Å². The van der Waals surface area contributed by atoms with Crippen molar-refractivity contribution in [3.05, 3.63) is 79.7 Å². The van der Waals surface area contributed by atoms with E-state index in [2.05, 4.69) is 4.99 Å². The van der Waals surface area contributed by atoms with E-state index in [1.165, 1.54) is 12.1 Å². The molecule has 1 aromatic rings. The Balaban J connectivity index is 1.85. The van der Waals surface area contributed by atoms with Crippen LogP contribution in [0.5, 0.6) is 0 Å². The quantitative estimate of drug-likeness (QED) is 0.579. The van der Waals surface area contributed by atoms with Crippen molar-refractivity contribution < 1.29 is 18.1 Å². The molecule has 0 N–H and O–H groups in total. The zero-order chi connectivity index (χ0) is 18.4. The van der Waals surface area contributed by atoms with E-state index in [0.29, 0.717) is 35.2 Å². The molecular formula is C18H15F3N2O2. The van der Waals surface area contributed by atoms with Crippen LogP contribution >= 0.6 is 0 Å². The number of hydrogen-bond donors (Lipinski definition) is 0. The highest BCUT2D eigenvalue weighted by molar-refractivity contribution is 6.08. The van der Waals surface area contributed by atoms with Gasteiger partial charge in [0.1, 0.15) is 0 Å². The molecule has 0 spiro atoms. The highest BCUT2D eigenvalue weighted by atomic mass is 19.4. The SMILES string of the molecule is CC1=C([N+](=O)[O-])C(C)=C2C=C(Cc3ccc(C(F)(F)F)cc3)N=C2C1. The average molecular weight is 348 g/mol. The Morgan fingerprint density at radius 3 is 2.40 bits per heavy atom. The minimum absolute atomic E-state index is 0.126. The highest BCUT2D eigenvalue weighted by Gasteiger charge is 2.31. The van der Waals surface area contributed by atoms with E-state index in [1.807, 2.05) is 0 Å². The number of rotatable bonds is 3. The Morgan fingerprint density at radius 1 is 1.20 bits per heavy atom. The summed E-state index contributed by atoms with van der Waals surface area (Å²) in [6.07, 6.45) is -1.77. The average Bonchev–Trinajstić information content (AvgIpc) is 2.89. The van der Waals surface area contributed by atoms with Crippen molar-refractivity contribution in [2.45, 2.75) is 32.9 Å². The fourth-order valence-corrected chi connectivity index (χ4v) is 3.16. The fourth-order valence-electron chi connectivity index (χ4n) is 3.16. The maximum Gasteiger partial charge on any atom is 0.416 e. The summed E-state index contributed by atoms with van der Waals surface area (Å²) < 4.78 is 37.8. The van der Waals surface area contributed by atoms with Crippen LogP contribution in [0.1, 0.15) is 31.4 Å². The molecule has 130 valence electrons. The molecule has 1 aliphatic heterocycles. The predicted molar refractivity (Wildman–Crippen MR) is 87.7 cm³/mol. The Hall–Kier alpha value is -2.70. The molecule has 3 rings (SSSR count). The Kier molecular flexibility index (Phi) is 4.10. The number of alkyl halides is 3. The maximum absolute atomic E-state index is 12.6. The molecule has 0 aromatic heterocycles. The molecule has 0 fully saturated rings. The molecule has 1 heterocycles. The van der Waals surface area contributed by atoms with Gasteiger partial charge in [-0.1, -0.05) is 12.1 Å². The summed E-state index contributed by atoms with van der Waals surface area (Å²) in [5, 5.41) is 11.2. The topological polar surface area (TPSA) is 55.5 Å². The van der Waals surface area contributed by atoms with Crippen molar-refractivity contribution in [1.29, 1.82) is 0 Å². The van der Waals surface area contributed by atoms with Crippen molar-refractivity contribution >= 4 is 5.71 Å². The van der Waals surface area contributed by atoms with E-state index in [1.54, 1.807) is 19.9 Å². The van der Waals surface area contributed by atoms with Crippen molar-refractivity contribution in [2.24, 2.45) is 4.99 Å². The number of halogens is 3. The van der Waals surface area contributed by atoms with Gasteiger partial charge in [0.25, 0.3) is 5.70 Å². The lowest BCUT2D eigenvalue weighted by Crippen LogP contribution is -2.15. The normalized spacial score (nSPS) is 17.5. The molecule has 0 unspecified atom stereocenters. The largest absolute Gasteiger partial charge is 0.416 e. The molecule has 0 radical (unpaired) electrons. The lowest BCUT2D eigenvalue weighted by molar-refractivity contribution is -0.422. The summed E-state index contributed by atoms with van der Waals surface area (Å²) in [4.78, 5) is 15.3. The highest BCUT2D eigenvalue weighted by Crippen LogP contribution is 2.35. The van der Waals surface area contributed by atoms with Gasteiger partial charge in [0.05, 0.1) is 16.2 Å². The van der Waals surface area contributed by atoms with Crippen molar-refractivity contribution in [3.63, 3.8) is 0 Å². The lowest BCUT2D eigenvalue weighted by atomic mass is 9.90. The third kappa shape index (κ3) is 3.26. The molecule has 0 amide bonds. The summed E-state index contributed by atoms with van der Waals surface area (Å²) >= 11 is 0. The fraction of sp³-hybridized carbons (Fsp3) is 0.278. The molecule has 0 bridgehead atoms. The number of allylic oxidation sites excluding steroid dienone is 5. The van der Waals surface area contributed by atoms with E-state index < -0.39 is 11.7 Å². The number of nitrogens with zero attached hydrogens (tertiary/aromatic N) is 2. The second-order valence-electron chi connectivity index (χ2n) is 6.17. The van der Waals surface area contributed by atoms with Crippen LogP contribution in [0.4, 0.5) is 13.2 Å².